The van der Waals surface area contributed by atoms with Crippen LogP contribution in [0.3, 0.4) is 0 Å². The second-order valence-corrected chi connectivity index (χ2v) is 3.06. The molecule has 0 radical (unpaired) electrons. The maximum absolute atomic E-state index is 11.0. The predicted molar refractivity (Wildman–Crippen MR) is 49.3 cm³/mol. The van der Waals surface area contributed by atoms with Gasteiger partial charge in [-0.3, -0.25) is 9.59 Å². The fraction of sp³-hybridized carbons (Fsp3) is 0.500. The normalized spacial score (nSPS) is 12.8. The van der Waals surface area contributed by atoms with Crippen LogP contribution < -0.4 is 0 Å². The van der Waals surface area contributed by atoms with Crippen molar-refractivity contribution in [1.82, 2.24) is 0 Å². The lowest BCUT2D eigenvalue weighted by molar-refractivity contribution is -0.116. The van der Waals surface area contributed by atoms with E-state index in [1.807, 2.05) is 0 Å². The van der Waals surface area contributed by atoms with E-state index in [-0.39, 0.29) is 17.5 Å². The third kappa shape index (κ3) is 7.12. The van der Waals surface area contributed by atoms with E-state index in [0.29, 0.717) is 12.8 Å². The van der Waals surface area contributed by atoms with Gasteiger partial charge in [0.25, 0.3) is 0 Å². The van der Waals surface area contributed by atoms with Crippen LogP contribution in [0, 0.1) is 5.92 Å². The standard InChI is InChI=1S/C10H14O3/c1-8(7-11)3-5-10(13)6-4-9(2)12/h4,6-8H,3,5H2,1-2H3. The third-order valence-corrected chi connectivity index (χ3v) is 1.58. The highest BCUT2D eigenvalue weighted by molar-refractivity contribution is 5.97. The zero-order valence-corrected chi connectivity index (χ0v) is 7.95. The lowest BCUT2D eigenvalue weighted by atomic mass is 10.1. The maximum Gasteiger partial charge on any atom is 0.155 e. The van der Waals surface area contributed by atoms with Crippen molar-refractivity contribution < 1.29 is 14.4 Å². The Hall–Kier alpha value is -1.25. The molecule has 0 amide bonds. The summed E-state index contributed by atoms with van der Waals surface area (Å²) in [5.74, 6) is -0.338. The summed E-state index contributed by atoms with van der Waals surface area (Å²) in [6.07, 6.45) is 4.20. The van der Waals surface area contributed by atoms with Gasteiger partial charge in [0.1, 0.15) is 6.29 Å². The Morgan fingerprint density at radius 3 is 2.38 bits per heavy atom. The van der Waals surface area contributed by atoms with Gasteiger partial charge < -0.3 is 4.79 Å². The first-order valence-corrected chi connectivity index (χ1v) is 4.23. The molecule has 0 fully saturated rings. The monoisotopic (exact) mass is 182 g/mol. The van der Waals surface area contributed by atoms with Gasteiger partial charge in [-0.25, -0.2) is 0 Å². The van der Waals surface area contributed by atoms with E-state index in [0.717, 1.165) is 6.29 Å². The van der Waals surface area contributed by atoms with E-state index in [1.165, 1.54) is 19.1 Å². The van der Waals surface area contributed by atoms with E-state index in [1.54, 1.807) is 6.92 Å². The molecule has 0 spiro atoms. The summed E-state index contributed by atoms with van der Waals surface area (Å²) in [6.45, 7) is 3.15. The van der Waals surface area contributed by atoms with Crippen LogP contribution in [0.15, 0.2) is 12.2 Å². The van der Waals surface area contributed by atoms with Crippen molar-refractivity contribution in [2.45, 2.75) is 26.7 Å². The third-order valence-electron chi connectivity index (χ3n) is 1.58. The summed E-state index contributed by atoms with van der Waals surface area (Å²) in [5, 5.41) is 0. The van der Waals surface area contributed by atoms with Crippen LogP contribution >= 0.6 is 0 Å². The van der Waals surface area contributed by atoms with Gasteiger partial charge in [0.15, 0.2) is 11.6 Å². The highest BCUT2D eigenvalue weighted by Crippen LogP contribution is 2.02. The Balaban J connectivity index is 3.75. The topological polar surface area (TPSA) is 51.2 Å². The molecule has 1 unspecified atom stereocenters. The number of allylic oxidation sites excluding steroid dienone is 2. The van der Waals surface area contributed by atoms with Gasteiger partial charge in [0.05, 0.1) is 0 Å². The second-order valence-electron chi connectivity index (χ2n) is 3.06. The molecule has 3 heteroatoms. The average molecular weight is 182 g/mol. The van der Waals surface area contributed by atoms with Gasteiger partial charge in [0.2, 0.25) is 0 Å². The number of hydrogen-bond acceptors (Lipinski definition) is 3. The van der Waals surface area contributed by atoms with E-state index < -0.39 is 0 Å². The Morgan fingerprint density at radius 2 is 1.92 bits per heavy atom. The van der Waals surface area contributed by atoms with Crippen molar-refractivity contribution in [3.05, 3.63) is 12.2 Å². The van der Waals surface area contributed by atoms with Crippen LogP contribution in [0.1, 0.15) is 26.7 Å². The Labute approximate surface area is 77.8 Å². The minimum Gasteiger partial charge on any atom is -0.303 e. The largest absolute Gasteiger partial charge is 0.303 e. The molecule has 72 valence electrons. The van der Waals surface area contributed by atoms with Crippen LogP contribution in [0.5, 0.6) is 0 Å². The minimum absolute atomic E-state index is 0.0883. The molecular weight excluding hydrogens is 168 g/mol. The Bertz CT molecular complexity index is 228. The molecule has 0 aliphatic heterocycles. The smallest absolute Gasteiger partial charge is 0.155 e. The van der Waals surface area contributed by atoms with Gasteiger partial charge >= 0.3 is 0 Å². The quantitative estimate of drug-likeness (QED) is 0.459. The molecule has 1 atom stereocenters. The van der Waals surface area contributed by atoms with Crippen molar-refractivity contribution >= 4 is 17.9 Å². The lowest BCUT2D eigenvalue weighted by Gasteiger charge is -1.98. The summed E-state index contributed by atoms with van der Waals surface area (Å²) < 4.78 is 0. The fourth-order valence-corrected chi connectivity index (χ4v) is 0.732. The van der Waals surface area contributed by atoms with Gasteiger partial charge in [-0.1, -0.05) is 6.92 Å². The molecule has 0 saturated carbocycles. The molecule has 0 heterocycles. The Morgan fingerprint density at radius 1 is 1.31 bits per heavy atom. The minimum atomic E-state index is -0.142. The Kier molecular flexibility index (Phi) is 5.68. The molecule has 0 rings (SSSR count). The predicted octanol–water partition coefficient (Wildman–Crippen LogP) is 1.32. The van der Waals surface area contributed by atoms with E-state index in [2.05, 4.69) is 0 Å². The highest BCUT2D eigenvalue weighted by Gasteiger charge is 2.02. The first-order valence-electron chi connectivity index (χ1n) is 4.23. The van der Waals surface area contributed by atoms with Crippen molar-refractivity contribution in [3.8, 4) is 0 Å². The summed E-state index contributed by atoms with van der Waals surface area (Å²) >= 11 is 0. The number of carbonyl (C=O) groups is 3. The molecule has 0 saturated heterocycles. The average Bonchev–Trinajstić information content (AvgIpc) is 2.10. The maximum atomic E-state index is 11.0. The van der Waals surface area contributed by atoms with Crippen LogP contribution in [-0.4, -0.2) is 17.9 Å². The molecule has 13 heavy (non-hydrogen) atoms. The van der Waals surface area contributed by atoms with E-state index >= 15 is 0 Å². The zero-order valence-electron chi connectivity index (χ0n) is 7.95. The summed E-state index contributed by atoms with van der Waals surface area (Å²) in [4.78, 5) is 31.7. The van der Waals surface area contributed by atoms with Crippen LogP contribution in [0.2, 0.25) is 0 Å². The van der Waals surface area contributed by atoms with Gasteiger partial charge in [-0.15, -0.1) is 0 Å². The number of rotatable bonds is 6. The molecule has 0 aliphatic carbocycles. The summed E-state index contributed by atoms with van der Waals surface area (Å²) in [7, 11) is 0. The molecule has 0 aromatic carbocycles. The SMILES string of the molecule is CC(=O)C=CC(=O)CCC(C)C=O. The summed E-state index contributed by atoms with van der Waals surface area (Å²) in [5.41, 5.74) is 0. The van der Waals surface area contributed by atoms with Crippen molar-refractivity contribution in [3.63, 3.8) is 0 Å². The van der Waals surface area contributed by atoms with Gasteiger partial charge in [0, 0.05) is 12.3 Å². The molecule has 0 aromatic heterocycles. The lowest BCUT2D eigenvalue weighted by Crippen LogP contribution is -2.01. The number of ketones is 2. The number of aldehydes is 1. The van der Waals surface area contributed by atoms with E-state index in [9.17, 15) is 14.4 Å². The summed E-state index contributed by atoms with van der Waals surface area (Å²) in [6, 6.07) is 0. The molecule has 0 N–H and O–H groups in total. The van der Waals surface area contributed by atoms with Crippen LogP contribution in [0.25, 0.3) is 0 Å². The second kappa shape index (κ2) is 6.29. The number of carbonyl (C=O) groups excluding carboxylic acids is 3. The molecule has 0 bridgehead atoms. The van der Waals surface area contributed by atoms with Gasteiger partial charge in [-0.2, -0.15) is 0 Å². The van der Waals surface area contributed by atoms with Crippen LogP contribution in [0.4, 0.5) is 0 Å². The number of hydrogen-bond donors (Lipinski definition) is 0. The van der Waals surface area contributed by atoms with Crippen molar-refractivity contribution in [2.75, 3.05) is 0 Å². The zero-order chi connectivity index (χ0) is 10.3. The fourth-order valence-electron chi connectivity index (χ4n) is 0.732. The molecule has 3 nitrogen and oxygen atoms in total. The first kappa shape index (κ1) is 11.8. The molecule has 0 aliphatic rings. The molecule has 0 aromatic rings. The van der Waals surface area contributed by atoms with Crippen molar-refractivity contribution in [2.24, 2.45) is 5.92 Å². The van der Waals surface area contributed by atoms with Crippen LogP contribution in [-0.2, 0) is 14.4 Å². The van der Waals surface area contributed by atoms with Gasteiger partial charge in [-0.05, 0) is 25.5 Å². The van der Waals surface area contributed by atoms with E-state index in [4.69, 9.17) is 0 Å². The molecular formula is C10H14O3. The van der Waals surface area contributed by atoms with Crippen molar-refractivity contribution in [1.29, 1.82) is 0 Å². The first-order chi connectivity index (χ1) is 6.06. The highest BCUT2D eigenvalue weighted by atomic mass is 16.1.